The molecule has 1 saturated carbocycles. The minimum atomic E-state index is -0.335. The largest absolute Gasteiger partial charge is 0.486 e. The summed E-state index contributed by atoms with van der Waals surface area (Å²) < 4.78 is 11.0. The summed E-state index contributed by atoms with van der Waals surface area (Å²) in [4.78, 5) is 29.3. The lowest BCUT2D eigenvalue weighted by molar-refractivity contribution is 0.0933. The third kappa shape index (κ3) is 4.85. The molecule has 0 saturated heterocycles. The number of nitrogens with zero attached hydrogens (tertiary/aromatic N) is 1. The number of aromatic nitrogens is 1. The summed E-state index contributed by atoms with van der Waals surface area (Å²) in [5, 5.41) is 5.90. The van der Waals surface area contributed by atoms with E-state index < -0.39 is 0 Å². The van der Waals surface area contributed by atoms with E-state index in [9.17, 15) is 9.59 Å². The summed E-state index contributed by atoms with van der Waals surface area (Å²) in [6.45, 7) is 0.993. The Bertz CT molecular complexity index is 891. The van der Waals surface area contributed by atoms with Gasteiger partial charge in [0.25, 0.3) is 11.8 Å². The summed E-state index contributed by atoms with van der Waals surface area (Å²) in [6, 6.07) is 7.01. The second-order valence-electron chi connectivity index (χ2n) is 7.44. The number of rotatable bonds is 4. The van der Waals surface area contributed by atoms with Crippen molar-refractivity contribution in [2.45, 2.75) is 44.6 Å². The van der Waals surface area contributed by atoms with Crippen LogP contribution in [-0.2, 0) is 0 Å². The van der Waals surface area contributed by atoms with Gasteiger partial charge in [-0.15, -0.1) is 0 Å². The van der Waals surface area contributed by atoms with Gasteiger partial charge in [-0.25, -0.2) is 0 Å². The van der Waals surface area contributed by atoms with E-state index in [0.717, 1.165) is 25.7 Å². The van der Waals surface area contributed by atoms with E-state index in [1.165, 1.54) is 25.2 Å². The monoisotopic (exact) mass is 395 g/mol. The average Bonchev–Trinajstić information content (AvgIpc) is 3.02. The molecule has 2 heterocycles. The van der Waals surface area contributed by atoms with Crippen molar-refractivity contribution in [3.05, 3.63) is 47.8 Å². The summed E-state index contributed by atoms with van der Waals surface area (Å²) in [5.74, 6) is 0.744. The molecule has 0 bridgehead atoms. The number of carbonyl (C=O) groups excluding carboxylic acids is 2. The lowest BCUT2D eigenvalue weighted by Gasteiger charge is -2.19. The normalized spacial score (nSPS) is 16.6. The fourth-order valence-corrected chi connectivity index (χ4v) is 3.71. The number of anilines is 1. The van der Waals surface area contributed by atoms with Gasteiger partial charge >= 0.3 is 0 Å². The standard InChI is InChI=1S/C22H25N3O4/c26-21(24-17-5-3-1-2-4-6-17)15-11-16(14-23-13-15)22(27)25-18-7-8-19-20(12-18)29-10-9-28-19/h7-8,11-14,17H,1-6,9-10H2,(H,24,26)(H,25,27). The average molecular weight is 395 g/mol. The Kier molecular flexibility index (Phi) is 5.93. The molecular weight excluding hydrogens is 370 g/mol. The van der Waals surface area contributed by atoms with Crippen LogP contribution in [0.15, 0.2) is 36.7 Å². The Morgan fingerprint density at radius 1 is 0.862 bits per heavy atom. The minimum absolute atomic E-state index is 0.182. The van der Waals surface area contributed by atoms with Crippen LogP contribution in [0.1, 0.15) is 59.2 Å². The highest BCUT2D eigenvalue weighted by atomic mass is 16.6. The Morgan fingerprint density at radius 3 is 2.31 bits per heavy atom. The molecule has 1 aliphatic carbocycles. The van der Waals surface area contributed by atoms with Gasteiger partial charge in [-0.3, -0.25) is 14.6 Å². The van der Waals surface area contributed by atoms with Gasteiger partial charge < -0.3 is 20.1 Å². The number of hydrogen-bond donors (Lipinski definition) is 2. The highest BCUT2D eigenvalue weighted by Crippen LogP contribution is 2.32. The molecule has 0 atom stereocenters. The van der Waals surface area contributed by atoms with Gasteiger partial charge in [0.1, 0.15) is 13.2 Å². The van der Waals surface area contributed by atoms with Crippen LogP contribution in [0.5, 0.6) is 11.5 Å². The van der Waals surface area contributed by atoms with Crippen LogP contribution in [0, 0.1) is 0 Å². The molecule has 29 heavy (non-hydrogen) atoms. The van der Waals surface area contributed by atoms with E-state index in [1.807, 2.05) is 0 Å². The van der Waals surface area contributed by atoms with Crippen LogP contribution in [0.3, 0.4) is 0 Å². The molecule has 1 aromatic carbocycles. The first kappa shape index (κ1) is 19.2. The summed E-state index contributed by atoms with van der Waals surface area (Å²) in [7, 11) is 0. The molecule has 1 fully saturated rings. The zero-order valence-corrected chi connectivity index (χ0v) is 16.3. The molecule has 7 heteroatoms. The fourth-order valence-electron chi connectivity index (χ4n) is 3.71. The smallest absolute Gasteiger partial charge is 0.257 e. The molecule has 7 nitrogen and oxygen atoms in total. The van der Waals surface area contributed by atoms with Gasteiger partial charge in [-0.1, -0.05) is 25.7 Å². The summed E-state index contributed by atoms with van der Waals surface area (Å²) in [6.07, 6.45) is 9.69. The number of carbonyl (C=O) groups is 2. The van der Waals surface area contributed by atoms with Gasteiger partial charge in [0.2, 0.25) is 0 Å². The molecular formula is C22H25N3O4. The van der Waals surface area contributed by atoms with E-state index in [0.29, 0.717) is 41.5 Å². The maximum atomic E-state index is 12.6. The lowest BCUT2D eigenvalue weighted by atomic mass is 10.1. The van der Waals surface area contributed by atoms with Gasteiger partial charge in [0.15, 0.2) is 11.5 Å². The van der Waals surface area contributed by atoms with Gasteiger partial charge in [-0.2, -0.15) is 0 Å². The van der Waals surface area contributed by atoms with E-state index in [4.69, 9.17) is 9.47 Å². The first-order valence-electron chi connectivity index (χ1n) is 10.2. The molecule has 0 unspecified atom stereocenters. The van der Waals surface area contributed by atoms with Crippen LogP contribution in [0.25, 0.3) is 0 Å². The molecule has 2 amide bonds. The molecule has 4 rings (SSSR count). The third-order valence-corrected chi connectivity index (χ3v) is 5.25. The van der Waals surface area contributed by atoms with Gasteiger partial charge in [0.05, 0.1) is 11.1 Å². The van der Waals surface area contributed by atoms with Gasteiger partial charge in [0, 0.05) is 30.2 Å². The Morgan fingerprint density at radius 2 is 1.55 bits per heavy atom. The molecule has 1 aliphatic heterocycles. The predicted molar refractivity (Wildman–Crippen MR) is 109 cm³/mol. The Labute approximate surface area is 169 Å². The third-order valence-electron chi connectivity index (χ3n) is 5.25. The first-order valence-corrected chi connectivity index (χ1v) is 10.2. The van der Waals surface area contributed by atoms with Crippen LogP contribution in [-0.4, -0.2) is 36.1 Å². The van der Waals surface area contributed by atoms with E-state index in [2.05, 4.69) is 15.6 Å². The van der Waals surface area contributed by atoms with E-state index in [1.54, 1.807) is 24.3 Å². The van der Waals surface area contributed by atoms with Crippen LogP contribution < -0.4 is 20.1 Å². The molecule has 152 valence electrons. The quantitative estimate of drug-likeness (QED) is 0.773. The number of fused-ring (bicyclic) bond motifs is 1. The number of benzene rings is 1. The van der Waals surface area contributed by atoms with E-state index >= 15 is 0 Å². The highest BCUT2D eigenvalue weighted by Gasteiger charge is 2.18. The number of hydrogen-bond acceptors (Lipinski definition) is 5. The van der Waals surface area contributed by atoms with Crippen molar-refractivity contribution >= 4 is 17.5 Å². The second kappa shape index (κ2) is 8.94. The van der Waals surface area contributed by atoms with Crippen molar-refractivity contribution in [3.63, 3.8) is 0 Å². The van der Waals surface area contributed by atoms with Crippen molar-refractivity contribution in [3.8, 4) is 11.5 Å². The zero-order valence-electron chi connectivity index (χ0n) is 16.3. The predicted octanol–water partition coefficient (Wildman–Crippen LogP) is 3.56. The maximum absolute atomic E-state index is 12.6. The lowest BCUT2D eigenvalue weighted by Crippen LogP contribution is -2.34. The number of amides is 2. The topological polar surface area (TPSA) is 89.6 Å². The second-order valence-corrected chi connectivity index (χ2v) is 7.44. The number of nitrogens with one attached hydrogen (secondary N) is 2. The molecule has 2 N–H and O–H groups in total. The van der Waals surface area contributed by atoms with Crippen molar-refractivity contribution in [2.24, 2.45) is 0 Å². The summed E-state index contributed by atoms with van der Waals surface area (Å²) in [5.41, 5.74) is 1.31. The Balaban J connectivity index is 1.42. The molecule has 2 aromatic rings. The van der Waals surface area contributed by atoms with Crippen molar-refractivity contribution < 1.29 is 19.1 Å². The van der Waals surface area contributed by atoms with Crippen molar-refractivity contribution in [1.29, 1.82) is 0 Å². The highest BCUT2D eigenvalue weighted by molar-refractivity contribution is 6.06. The summed E-state index contributed by atoms with van der Waals surface area (Å²) >= 11 is 0. The van der Waals surface area contributed by atoms with Gasteiger partial charge in [-0.05, 0) is 31.0 Å². The SMILES string of the molecule is O=C(Nc1ccc2c(c1)OCCO2)c1cncc(C(=O)NC2CCCCCC2)c1. The number of pyridine rings is 1. The number of ether oxygens (including phenoxy) is 2. The van der Waals surface area contributed by atoms with Crippen LogP contribution in [0.4, 0.5) is 5.69 Å². The van der Waals surface area contributed by atoms with Crippen LogP contribution >= 0.6 is 0 Å². The fraction of sp³-hybridized carbons (Fsp3) is 0.409. The van der Waals surface area contributed by atoms with Crippen LogP contribution in [0.2, 0.25) is 0 Å². The van der Waals surface area contributed by atoms with Crippen molar-refractivity contribution in [2.75, 3.05) is 18.5 Å². The van der Waals surface area contributed by atoms with E-state index in [-0.39, 0.29) is 17.9 Å². The maximum Gasteiger partial charge on any atom is 0.257 e. The zero-order chi connectivity index (χ0) is 20.1. The molecule has 1 aromatic heterocycles. The molecule has 0 spiro atoms. The molecule has 2 aliphatic rings. The minimum Gasteiger partial charge on any atom is -0.486 e. The molecule has 0 radical (unpaired) electrons. The Hall–Kier alpha value is -3.09. The van der Waals surface area contributed by atoms with Crippen molar-refractivity contribution in [1.82, 2.24) is 10.3 Å². The first-order chi connectivity index (χ1) is 14.2.